The first-order valence-electron chi connectivity index (χ1n) is 6.29. The molecule has 0 unspecified atom stereocenters. The first kappa shape index (κ1) is 15.1. The van der Waals surface area contributed by atoms with Crippen LogP contribution in [0.3, 0.4) is 0 Å². The fourth-order valence-corrected chi connectivity index (χ4v) is 1.55. The fourth-order valence-electron chi connectivity index (χ4n) is 1.55. The third kappa shape index (κ3) is 4.68. The van der Waals surface area contributed by atoms with Crippen LogP contribution >= 0.6 is 0 Å². The lowest BCUT2D eigenvalue weighted by Gasteiger charge is -2.07. The van der Waals surface area contributed by atoms with Gasteiger partial charge in [0.05, 0.1) is 0 Å². The van der Waals surface area contributed by atoms with Crippen molar-refractivity contribution in [2.75, 3.05) is 0 Å². The highest BCUT2D eigenvalue weighted by atomic mass is 16.5. The lowest BCUT2D eigenvalue weighted by atomic mass is 10.3. The molecule has 0 atom stereocenters. The minimum absolute atomic E-state index is 0.135. The van der Waals surface area contributed by atoms with Gasteiger partial charge in [-0.25, -0.2) is 4.79 Å². The van der Waals surface area contributed by atoms with E-state index in [0.29, 0.717) is 11.5 Å². The Balaban J connectivity index is 2.05. The average molecular weight is 299 g/mol. The molecule has 6 heteroatoms. The van der Waals surface area contributed by atoms with E-state index in [9.17, 15) is 14.7 Å². The molecule has 2 rings (SSSR count). The number of ether oxygens (including phenoxy) is 2. The third-order valence-electron chi connectivity index (χ3n) is 2.48. The van der Waals surface area contributed by atoms with Crippen LogP contribution in [0.4, 0.5) is 0 Å². The number of hydrogen-bond acceptors (Lipinski definition) is 5. The molecular weight excluding hydrogens is 286 g/mol. The first-order valence-corrected chi connectivity index (χ1v) is 6.29. The van der Waals surface area contributed by atoms with Gasteiger partial charge in [0.2, 0.25) is 5.91 Å². The summed E-state index contributed by atoms with van der Waals surface area (Å²) in [5.74, 6) is -0.0848. The van der Waals surface area contributed by atoms with Crippen molar-refractivity contribution in [3.63, 3.8) is 0 Å². The molecule has 3 N–H and O–H groups in total. The van der Waals surface area contributed by atoms with E-state index in [4.69, 9.17) is 15.2 Å². The molecule has 0 bridgehead atoms. The number of phenols is 1. The van der Waals surface area contributed by atoms with Gasteiger partial charge in [-0.05, 0) is 36.4 Å². The predicted octanol–water partition coefficient (Wildman–Crippen LogP) is 2.13. The maximum Gasteiger partial charge on any atom is 0.336 e. The van der Waals surface area contributed by atoms with E-state index in [1.165, 1.54) is 18.2 Å². The summed E-state index contributed by atoms with van der Waals surface area (Å²) >= 11 is 0. The number of hydrogen-bond donors (Lipinski definition) is 2. The Hall–Kier alpha value is -3.28. The van der Waals surface area contributed by atoms with E-state index in [-0.39, 0.29) is 11.5 Å². The lowest BCUT2D eigenvalue weighted by Crippen LogP contribution is -2.09. The molecule has 6 nitrogen and oxygen atoms in total. The van der Waals surface area contributed by atoms with Crippen LogP contribution in [-0.2, 0) is 9.59 Å². The van der Waals surface area contributed by atoms with Gasteiger partial charge in [0.15, 0.2) is 0 Å². The van der Waals surface area contributed by atoms with E-state index in [1.54, 1.807) is 30.3 Å². The molecule has 0 aliphatic carbocycles. The van der Waals surface area contributed by atoms with Crippen LogP contribution in [-0.4, -0.2) is 17.0 Å². The number of rotatable bonds is 5. The normalized spacial score (nSPS) is 10.4. The predicted molar refractivity (Wildman–Crippen MR) is 78.6 cm³/mol. The van der Waals surface area contributed by atoms with Gasteiger partial charge in [-0.3, -0.25) is 4.79 Å². The minimum Gasteiger partial charge on any atom is -0.508 e. The number of benzene rings is 2. The Morgan fingerprint density at radius 3 is 2.32 bits per heavy atom. The third-order valence-corrected chi connectivity index (χ3v) is 2.48. The van der Waals surface area contributed by atoms with Crippen molar-refractivity contribution in [2.45, 2.75) is 0 Å². The van der Waals surface area contributed by atoms with Crippen molar-refractivity contribution in [3.8, 4) is 23.0 Å². The molecule has 0 radical (unpaired) electrons. The smallest absolute Gasteiger partial charge is 0.336 e. The second-order valence-electron chi connectivity index (χ2n) is 4.23. The van der Waals surface area contributed by atoms with Crippen LogP contribution in [0.2, 0.25) is 0 Å². The van der Waals surface area contributed by atoms with Gasteiger partial charge < -0.3 is 20.3 Å². The molecule has 0 aromatic heterocycles. The van der Waals surface area contributed by atoms with Gasteiger partial charge in [-0.2, -0.15) is 0 Å². The Morgan fingerprint density at radius 2 is 1.64 bits per heavy atom. The second kappa shape index (κ2) is 6.94. The van der Waals surface area contributed by atoms with Crippen LogP contribution in [0.15, 0.2) is 60.7 Å². The van der Waals surface area contributed by atoms with Crippen LogP contribution in [0.25, 0.3) is 0 Å². The van der Waals surface area contributed by atoms with E-state index < -0.39 is 11.9 Å². The zero-order chi connectivity index (χ0) is 15.9. The molecule has 0 aliphatic rings. The zero-order valence-corrected chi connectivity index (χ0v) is 11.4. The zero-order valence-electron chi connectivity index (χ0n) is 11.4. The molecule has 0 heterocycles. The number of carbonyl (C=O) groups excluding carboxylic acids is 2. The molecule has 2 aromatic carbocycles. The molecule has 0 aliphatic heterocycles. The average Bonchev–Trinajstić information content (AvgIpc) is 2.48. The van der Waals surface area contributed by atoms with Gasteiger partial charge in [-0.1, -0.05) is 6.07 Å². The summed E-state index contributed by atoms with van der Waals surface area (Å²) in [4.78, 5) is 22.0. The number of aromatic hydroxyl groups is 1. The molecule has 1 amide bonds. The Morgan fingerprint density at radius 1 is 0.955 bits per heavy atom. The summed E-state index contributed by atoms with van der Waals surface area (Å²) in [6.45, 7) is 0. The highest BCUT2D eigenvalue weighted by Gasteiger charge is 2.04. The molecule has 112 valence electrons. The largest absolute Gasteiger partial charge is 0.508 e. The van der Waals surface area contributed by atoms with Gasteiger partial charge in [0.25, 0.3) is 0 Å². The van der Waals surface area contributed by atoms with Gasteiger partial charge in [0, 0.05) is 18.2 Å². The SMILES string of the molecule is NC(=O)/C=C\C(=O)Oc1cccc(Oc2ccc(O)cc2)c1. The molecule has 2 aromatic rings. The highest BCUT2D eigenvalue weighted by Crippen LogP contribution is 2.26. The Labute approximate surface area is 126 Å². The van der Waals surface area contributed by atoms with Crippen LogP contribution < -0.4 is 15.2 Å². The number of primary amides is 1. The minimum atomic E-state index is -0.735. The maximum absolute atomic E-state index is 11.4. The fraction of sp³-hybridized carbons (Fsp3) is 0. The Kier molecular flexibility index (Phi) is 4.77. The van der Waals surface area contributed by atoms with E-state index >= 15 is 0 Å². The number of amides is 1. The van der Waals surface area contributed by atoms with Crippen molar-refractivity contribution in [1.29, 1.82) is 0 Å². The quantitative estimate of drug-likeness (QED) is 0.500. The summed E-state index contributed by atoms with van der Waals surface area (Å²) in [7, 11) is 0. The van der Waals surface area contributed by atoms with Crippen LogP contribution in [0, 0.1) is 0 Å². The summed E-state index contributed by atoms with van der Waals surface area (Å²) in [5.41, 5.74) is 4.88. The first-order chi connectivity index (χ1) is 10.5. The molecule has 0 saturated carbocycles. The van der Waals surface area contributed by atoms with E-state index in [1.807, 2.05) is 0 Å². The Bertz CT molecular complexity index is 707. The number of carbonyl (C=O) groups is 2. The number of phenolic OH excluding ortho intramolecular Hbond substituents is 1. The summed E-state index contributed by atoms with van der Waals surface area (Å²) in [6.07, 6.45) is 1.86. The molecule has 0 saturated heterocycles. The lowest BCUT2D eigenvalue weighted by molar-refractivity contribution is -0.129. The summed E-state index contributed by atoms with van der Waals surface area (Å²) < 4.78 is 10.6. The summed E-state index contributed by atoms with van der Waals surface area (Å²) in [6, 6.07) is 12.6. The highest BCUT2D eigenvalue weighted by molar-refractivity contribution is 5.94. The van der Waals surface area contributed by atoms with Gasteiger partial charge in [-0.15, -0.1) is 0 Å². The van der Waals surface area contributed by atoms with Gasteiger partial charge >= 0.3 is 5.97 Å². The molecule has 0 spiro atoms. The van der Waals surface area contributed by atoms with Crippen molar-refractivity contribution in [3.05, 3.63) is 60.7 Å². The van der Waals surface area contributed by atoms with Crippen molar-refractivity contribution in [1.82, 2.24) is 0 Å². The summed E-state index contributed by atoms with van der Waals surface area (Å²) in [5, 5.41) is 9.20. The van der Waals surface area contributed by atoms with Crippen molar-refractivity contribution >= 4 is 11.9 Å². The molecule has 22 heavy (non-hydrogen) atoms. The molecular formula is C16H13NO5. The van der Waals surface area contributed by atoms with Crippen LogP contribution in [0.5, 0.6) is 23.0 Å². The second-order valence-corrected chi connectivity index (χ2v) is 4.23. The maximum atomic E-state index is 11.4. The van der Waals surface area contributed by atoms with Crippen LogP contribution in [0.1, 0.15) is 0 Å². The molecule has 0 fully saturated rings. The van der Waals surface area contributed by atoms with E-state index in [0.717, 1.165) is 12.2 Å². The monoisotopic (exact) mass is 299 g/mol. The standard InChI is InChI=1S/C16H13NO5/c17-15(19)8-9-16(20)22-14-3-1-2-13(10-14)21-12-6-4-11(18)5-7-12/h1-10,18H,(H2,17,19)/b9-8-. The van der Waals surface area contributed by atoms with E-state index in [2.05, 4.69) is 0 Å². The number of nitrogens with two attached hydrogens (primary N) is 1. The van der Waals surface area contributed by atoms with Crippen molar-refractivity contribution in [2.24, 2.45) is 5.73 Å². The van der Waals surface area contributed by atoms with Crippen molar-refractivity contribution < 1.29 is 24.2 Å². The van der Waals surface area contributed by atoms with Gasteiger partial charge in [0.1, 0.15) is 23.0 Å². The number of esters is 1. The topological polar surface area (TPSA) is 98.9 Å².